The van der Waals surface area contributed by atoms with Crippen LogP contribution < -0.4 is 4.74 Å². The number of carbonyl (C=O) groups excluding carboxylic acids is 1. The van der Waals surface area contributed by atoms with Gasteiger partial charge in [-0.2, -0.15) is 4.33 Å². The van der Waals surface area contributed by atoms with Crippen molar-refractivity contribution in [3.63, 3.8) is 0 Å². The van der Waals surface area contributed by atoms with Crippen molar-refractivity contribution in [2.24, 2.45) is 0 Å². The first-order chi connectivity index (χ1) is 17.9. The van der Waals surface area contributed by atoms with Crippen molar-refractivity contribution in [3.05, 3.63) is 101 Å². The molecule has 0 aliphatic heterocycles. The third kappa shape index (κ3) is 6.19. The van der Waals surface area contributed by atoms with Crippen LogP contribution in [0.3, 0.4) is 0 Å². The lowest BCUT2D eigenvalue weighted by Gasteiger charge is -2.17. The first-order valence-corrected chi connectivity index (χ1v) is 12.2. The minimum Gasteiger partial charge on any atom is -0.488 e. The van der Waals surface area contributed by atoms with Crippen molar-refractivity contribution in [2.45, 2.75) is 25.3 Å². The molecule has 0 unspecified atom stereocenters. The summed E-state index contributed by atoms with van der Waals surface area (Å²) in [6, 6.07) is 19.8. The number of halogens is 2. The van der Waals surface area contributed by atoms with Gasteiger partial charge in [-0.3, -0.25) is 0 Å². The first-order valence-electron chi connectivity index (χ1n) is 11.5. The summed E-state index contributed by atoms with van der Waals surface area (Å²) in [5, 5.41) is 0. The number of ether oxygens (including phenoxy) is 2. The Morgan fingerprint density at radius 3 is 2.59 bits per heavy atom. The number of rotatable bonds is 10. The minimum absolute atomic E-state index is 0.0990. The van der Waals surface area contributed by atoms with E-state index in [9.17, 15) is 13.6 Å². The highest BCUT2D eigenvalue weighted by Crippen LogP contribution is 2.37. The molecule has 4 aromatic rings. The van der Waals surface area contributed by atoms with Crippen molar-refractivity contribution < 1.29 is 32.3 Å². The van der Waals surface area contributed by atoms with E-state index in [1.54, 1.807) is 37.3 Å². The fourth-order valence-electron chi connectivity index (χ4n) is 3.83. The zero-order valence-corrected chi connectivity index (χ0v) is 21.3. The predicted molar refractivity (Wildman–Crippen MR) is 137 cm³/mol. The third-order valence-corrected chi connectivity index (χ3v) is 6.17. The van der Waals surface area contributed by atoms with Crippen LogP contribution in [-0.2, 0) is 20.6 Å². The Morgan fingerprint density at radius 2 is 1.84 bits per heavy atom. The van der Waals surface area contributed by atoms with Crippen LogP contribution >= 0.6 is 12.0 Å². The second kappa shape index (κ2) is 12.1. The summed E-state index contributed by atoms with van der Waals surface area (Å²) in [7, 11) is 1.41. The van der Waals surface area contributed by atoms with Crippen molar-refractivity contribution in [1.82, 2.24) is 4.57 Å². The Kier molecular flexibility index (Phi) is 8.60. The number of aryl methyl sites for hydroxylation is 1. The van der Waals surface area contributed by atoms with E-state index in [0.29, 0.717) is 16.9 Å². The van der Waals surface area contributed by atoms with Crippen molar-refractivity contribution in [2.75, 3.05) is 13.7 Å². The molecule has 3 aromatic carbocycles. The van der Waals surface area contributed by atoms with Gasteiger partial charge in [-0.05, 0) is 74.5 Å². The van der Waals surface area contributed by atoms with E-state index >= 15 is 0 Å². The van der Waals surface area contributed by atoms with Crippen LogP contribution in [0.15, 0.2) is 77.7 Å². The number of benzene rings is 3. The highest BCUT2D eigenvalue weighted by Gasteiger charge is 2.18. The Hall–Kier alpha value is -3.66. The van der Waals surface area contributed by atoms with Gasteiger partial charge in [0.15, 0.2) is 0 Å². The fraction of sp³-hybridized carbons (Fsp3) is 0.179. The number of hydrogen-bond donors (Lipinski definition) is 0. The SMILES string of the molecule is CCOC(=O)c1cccc(-n2c(C)ccc2-c2cc(SOOC)ccc2OCc2ccc(F)cc2F)c1. The summed E-state index contributed by atoms with van der Waals surface area (Å²) >= 11 is 1.03. The number of nitrogens with zero attached hydrogens (tertiary/aromatic N) is 1. The van der Waals surface area contributed by atoms with Crippen molar-refractivity contribution in [3.8, 4) is 22.7 Å². The molecule has 0 fully saturated rings. The smallest absolute Gasteiger partial charge is 0.338 e. The largest absolute Gasteiger partial charge is 0.488 e. The molecule has 0 radical (unpaired) electrons. The normalized spacial score (nSPS) is 10.9. The van der Waals surface area contributed by atoms with Crippen LogP contribution in [-0.4, -0.2) is 24.3 Å². The molecule has 0 saturated carbocycles. The van der Waals surface area contributed by atoms with E-state index in [0.717, 1.165) is 40.1 Å². The molecule has 9 heteroatoms. The summed E-state index contributed by atoms with van der Waals surface area (Å²) in [5.74, 6) is -1.26. The van der Waals surface area contributed by atoms with Crippen LogP contribution in [0.5, 0.6) is 5.75 Å². The number of esters is 1. The van der Waals surface area contributed by atoms with Crippen LogP contribution in [0.1, 0.15) is 28.5 Å². The number of carbonyl (C=O) groups is 1. The van der Waals surface area contributed by atoms with Gasteiger partial charge in [-0.1, -0.05) is 6.07 Å². The molecule has 0 amide bonds. The molecular formula is C28H25F2NO5S. The Labute approximate surface area is 217 Å². The van der Waals surface area contributed by atoms with Crippen LogP contribution in [0.2, 0.25) is 0 Å². The molecule has 192 valence electrons. The molecule has 1 aromatic heterocycles. The molecule has 0 atom stereocenters. The molecule has 0 saturated heterocycles. The number of hydrogen-bond acceptors (Lipinski definition) is 6. The van der Waals surface area contributed by atoms with Crippen LogP contribution in [0, 0.1) is 18.6 Å². The lowest BCUT2D eigenvalue weighted by molar-refractivity contribution is -0.160. The zero-order chi connectivity index (χ0) is 26.4. The van der Waals surface area contributed by atoms with E-state index in [4.69, 9.17) is 18.7 Å². The molecule has 0 spiro atoms. The fourth-order valence-corrected chi connectivity index (χ4v) is 4.27. The quantitative estimate of drug-likeness (QED) is 0.0955. The van der Waals surface area contributed by atoms with Crippen molar-refractivity contribution in [1.29, 1.82) is 0 Å². The highest BCUT2D eigenvalue weighted by molar-refractivity contribution is 7.94. The third-order valence-electron chi connectivity index (χ3n) is 5.52. The van der Waals surface area contributed by atoms with Gasteiger partial charge in [0.05, 0.1) is 37.0 Å². The zero-order valence-electron chi connectivity index (χ0n) is 20.5. The topological polar surface area (TPSA) is 58.9 Å². The van der Waals surface area contributed by atoms with E-state index in [2.05, 4.69) is 0 Å². The average Bonchev–Trinajstić information content (AvgIpc) is 3.28. The summed E-state index contributed by atoms with van der Waals surface area (Å²) in [6.45, 7) is 3.88. The van der Waals surface area contributed by atoms with Gasteiger partial charge in [0.25, 0.3) is 0 Å². The molecule has 0 aliphatic rings. The Bertz CT molecular complexity index is 1410. The minimum atomic E-state index is -0.683. The molecule has 6 nitrogen and oxygen atoms in total. The Balaban J connectivity index is 1.76. The molecule has 0 aliphatic carbocycles. The van der Waals surface area contributed by atoms with Crippen LogP contribution in [0.25, 0.3) is 16.9 Å². The number of aromatic nitrogens is 1. The maximum absolute atomic E-state index is 14.2. The van der Waals surface area contributed by atoms with Gasteiger partial charge in [0.1, 0.15) is 24.0 Å². The average molecular weight is 526 g/mol. The highest BCUT2D eigenvalue weighted by atomic mass is 32.2. The lowest BCUT2D eigenvalue weighted by atomic mass is 10.1. The molecule has 37 heavy (non-hydrogen) atoms. The molecule has 0 bridgehead atoms. The van der Waals surface area contributed by atoms with Gasteiger partial charge in [-0.15, -0.1) is 0 Å². The predicted octanol–water partition coefficient (Wildman–Crippen LogP) is 7.07. The Morgan fingerprint density at radius 1 is 1.00 bits per heavy atom. The van der Waals surface area contributed by atoms with E-state index < -0.39 is 17.6 Å². The lowest BCUT2D eigenvalue weighted by Crippen LogP contribution is -2.07. The van der Waals surface area contributed by atoms with Crippen LogP contribution in [0.4, 0.5) is 8.78 Å². The van der Waals surface area contributed by atoms with Gasteiger partial charge in [0, 0.05) is 33.5 Å². The second-order valence-electron chi connectivity index (χ2n) is 7.97. The van der Waals surface area contributed by atoms with Gasteiger partial charge >= 0.3 is 5.97 Å². The summed E-state index contributed by atoms with van der Waals surface area (Å²) in [5.41, 5.74) is 3.79. The molecule has 4 rings (SSSR count). The molecule has 1 heterocycles. The van der Waals surface area contributed by atoms with Gasteiger partial charge in [-0.25, -0.2) is 18.5 Å². The molecule has 0 N–H and O–H groups in total. The monoisotopic (exact) mass is 525 g/mol. The summed E-state index contributed by atoms with van der Waals surface area (Å²) in [4.78, 5) is 17.8. The maximum Gasteiger partial charge on any atom is 0.338 e. The summed E-state index contributed by atoms with van der Waals surface area (Å²) < 4.78 is 45.7. The molecular weight excluding hydrogens is 500 g/mol. The summed E-state index contributed by atoms with van der Waals surface area (Å²) in [6.07, 6.45) is 0. The second-order valence-corrected chi connectivity index (χ2v) is 8.74. The standard InChI is InChI=1S/C28H25F2NO5S/c1-4-34-28(32)19-6-5-7-22(14-19)31-18(2)8-12-26(31)24-16-23(37-36-33-3)11-13-27(24)35-17-20-9-10-21(29)15-25(20)30/h5-16H,4,17H2,1-3H3. The first kappa shape index (κ1) is 26.4. The van der Waals surface area contributed by atoms with E-state index in [1.807, 2.05) is 35.8 Å². The maximum atomic E-state index is 14.2. The van der Waals surface area contributed by atoms with Gasteiger partial charge in [0.2, 0.25) is 0 Å². The van der Waals surface area contributed by atoms with E-state index in [-0.39, 0.29) is 18.8 Å². The van der Waals surface area contributed by atoms with E-state index in [1.165, 1.54) is 19.2 Å². The van der Waals surface area contributed by atoms with Crippen molar-refractivity contribution >= 4 is 18.0 Å². The van der Waals surface area contributed by atoms with Gasteiger partial charge < -0.3 is 14.0 Å².